The first kappa shape index (κ1) is 21.4. The van der Waals surface area contributed by atoms with E-state index in [9.17, 15) is 18.0 Å². The number of amides is 1. The van der Waals surface area contributed by atoms with Crippen LogP contribution in [0.2, 0.25) is 0 Å². The molecule has 9 heteroatoms. The highest BCUT2D eigenvalue weighted by Crippen LogP contribution is 2.18. The predicted molar refractivity (Wildman–Crippen MR) is 104 cm³/mol. The molecule has 0 aliphatic carbocycles. The van der Waals surface area contributed by atoms with Crippen molar-refractivity contribution >= 4 is 27.6 Å². The van der Waals surface area contributed by atoms with Gasteiger partial charge in [-0.15, -0.1) is 0 Å². The van der Waals surface area contributed by atoms with Crippen LogP contribution in [0.1, 0.15) is 17.3 Å². The number of anilines is 1. The van der Waals surface area contributed by atoms with E-state index < -0.39 is 28.0 Å². The fourth-order valence-corrected chi connectivity index (χ4v) is 3.15. The van der Waals surface area contributed by atoms with Gasteiger partial charge in [-0.05, 0) is 49.4 Å². The Bertz CT molecular complexity index is 955. The molecular weight excluding hydrogens is 384 g/mol. The maximum Gasteiger partial charge on any atom is 0.338 e. The average Bonchev–Trinajstić information content (AvgIpc) is 2.68. The molecule has 0 unspecified atom stereocenters. The Morgan fingerprint density at radius 2 is 1.71 bits per heavy atom. The predicted octanol–water partition coefficient (Wildman–Crippen LogP) is 2.13. The van der Waals surface area contributed by atoms with E-state index in [0.29, 0.717) is 5.75 Å². The second kappa shape index (κ2) is 8.85. The average molecular weight is 406 g/mol. The number of carbonyl (C=O) groups excluding carboxylic acids is 2. The van der Waals surface area contributed by atoms with Crippen LogP contribution < -0.4 is 10.1 Å². The van der Waals surface area contributed by atoms with Gasteiger partial charge in [-0.25, -0.2) is 17.5 Å². The maximum absolute atomic E-state index is 12.3. The molecule has 0 aliphatic rings. The molecule has 0 fully saturated rings. The molecule has 150 valence electrons. The Labute approximate surface area is 164 Å². The van der Waals surface area contributed by atoms with Crippen LogP contribution in [0.3, 0.4) is 0 Å². The molecule has 0 spiro atoms. The second-order valence-corrected chi connectivity index (χ2v) is 8.23. The minimum atomic E-state index is -3.63. The minimum absolute atomic E-state index is 0.0400. The number of hydrogen-bond donors (Lipinski definition) is 1. The Morgan fingerprint density at radius 1 is 1.07 bits per heavy atom. The molecule has 0 saturated carbocycles. The van der Waals surface area contributed by atoms with Gasteiger partial charge >= 0.3 is 5.97 Å². The summed E-state index contributed by atoms with van der Waals surface area (Å²) in [6.07, 6.45) is -1.08. The van der Waals surface area contributed by atoms with Gasteiger partial charge in [0, 0.05) is 19.8 Å². The van der Waals surface area contributed by atoms with Gasteiger partial charge in [-0.2, -0.15) is 0 Å². The summed E-state index contributed by atoms with van der Waals surface area (Å²) in [5, 5.41) is 2.55. The number of carbonyl (C=O) groups is 2. The van der Waals surface area contributed by atoms with Crippen molar-refractivity contribution in [1.82, 2.24) is 4.31 Å². The summed E-state index contributed by atoms with van der Waals surface area (Å²) in [6, 6.07) is 12.1. The summed E-state index contributed by atoms with van der Waals surface area (Å²) < 4.78 is 35.6. The van der Waals surface area contributed by atoms with Gasteiger partial charge in [0.2, 0.25) is 10.0 Å². The summed E-state index contributed by atoms with van der Waals surface area (Å²) in [6.45, 7) is 1.43. The van der Waals surface area contributed by atoms with E-state index in [-0.39, 0.29) is 16.1 Å². The van der Waals surface area contributed by atoms with Gasteiger partial charge in [-0.3, -0.25) is 4.79 Å². The topological polar surface area (TPSA) is 102 Å². The lowest BCUT2D eigenvalue weighted by atomic mass is 10.2. The quantitative estimate of drug-likeness (QED) is 0.707. The Kier molecular flexibility index (Phi) is 6.76. The minimum Gasteiger partial charge on any atom is -0.497 e. The van der Waals surface area contributed by atoms with Gasteiger partial charge in [0.15, 0.2) is 6.10 Å². The third-order valence-electron chi connectivity index (χ3n) is 3.86. The van der Waals surface area contributed by atoms with Crippen LogP contribution in [-0.4, -0.2) is 51.9 Å². The van der Waals surface area contributed by atoms with Gasteiger partial charge in [-0.1, -0.05) is 6.07 Å². The largest absolute Gasteiger partial charge is 0.497 e. The number of nitrogens with one attached hydrogen (secondary N) is 1. The van der Waals surface area contributed by atoms with E-state index in [0.717, 1.165) is 4.31 Å². The molecule has 8 nitrogen and oxygen atoms in total. The molecule has 2 aromatic rings. The number of nitrogens with zero attached hydrogens (tertiary/aromatic N) is 1. The van der Waals surface area contributed by atoms with Gasteiger partial charge in [0.1, 0.15) is 5.75 Å². The summed E-state index contributed by atoms with van der Waals surface area (Å²) in [7, 11) is 0.718. The maximum atomic E-state index is 12.3. The van der Waals surface area contributed by atoms with Crippen molar-refractivity contribution in [3.8, 4) is 5.75 Å². The highest BCUT2D eigenvalue weighted by atomic mass is 32.2. The van der Waals surface area contributed by atoms with Crippen molar-refractivity contribution in [2.24, 2.45) is 0 Å². The van der Waals surface area contributed by atoms with Crippen molar-refractivity contribution in [1.29, 1.82) is 0 Å². The fraction of sp³-hybridized carbons (Fsp3) is 0.263. The van der Waals surface area contributed by atoms with Gasteiger partial charge < -0.3 is 14.8 Å². The van der Waals surface area contributed by atoms with Crippen LogP contribution in [0.15, 0.2) is 53.4 Å². The van der Waals surface area contributed by atoms with E-state index in [4.69, 9.17) is 9.47 Å². The molecule has 1 N–H and O–H groups in total. The van der Waals surface area contributed by atoms with Crippen LogP contribution in [0.25, 0.3) is 0 Å². The molecule has 28 heavy (non-hydrogen) atoms. The first-order valence-electron chi connectivity index (χ1n) is 8.33. The monoisotopic (exact) mass is 406 g/mol. The third-order valence-corrected chi connectivity index (χ3v) is 5.67. The van der Waals surface area contributed by atoms with Crippen LogP contribution in [0.5, 0.6) is 5.75 Å². The van der Waals surface area contributed by atoms with Crippen LogP contribution in [-0.2, 0) is 19.6 Å². The van der Waals surface area contributed by atoms with Gasteiger partial charge in [0.05, 0.1) is 17.6 Å². The molecule has 2 aromatic carbocycles. The molecule has 1 atom stereocenters. The number of sulfonamides is 1. The Hall–Kier alpha value is -2.91. The zero-order valence-corrected chi connectivity index (χ0v) is 16.8. The fourth-order valence-electron chi connectivity index (χ4n) is 2.20. The smallest absolute Gasteiger partial charge is 0.338 e. The van der Waals surface area contributed by atoms with E-state index in [2.05, 4.69) is 5.32 Å². The molecular formula is C19H22N2O6S. The third kappa shape index (κ3) is 5.08. The molecule has 0 radical (unpaired) electrons. The van der Waals surface area contributed by atoms with Crippen molar-refractivity contribution < 1.29 is 27.5 Å². The second-order valence-electron chi connectivity index (χ2n) is 6.08. The van der Waals surface area contributed by atoms with Crippen LogP contribution in [0.4, 0.5) is 5.69 Å². The van der Waals surface area contributed by atoms with Crippen molar-refractivity contribution in [2.45, 2.75) is 17.9 Å². The van der Waals surface area contributed by atoms with E-state index in [1.54, 1.807) is 18.2 Å². The Balaban J connectivity index is 2.05. The lowest BCUT2D eigenvalue weighted by molar-refractivity contribution is -0.123. The number of benzene rings is 2. The zero-order chi connectivity index (χ0) is 20.9. The summed E-state index contributed by atoms with van der Waals surface area (Å²) in [5.41, 5.74) is 0.555. The molecule has 0 heterocycles. The molecule has 0 aliphatic heterocycles. The summed E-state index contributed by atoms with van der Waals surface area (Å²) in [4.78, 5) is 24.5. The Morgan fingerprint density at radius 3 is 2.29 bits per heavy atom. The first-order chi connectivity index (χ1) is 13.1. The standard InChI is InChI=1S/C19H22N2O6S/c1-13(27-19(23)14-8-10-16(26-4)11-9-14)18(22)20-15-6-5-7-17(12-15)28(24,25)21(2)3/h5-13H,1-4H3,(H,20,22)/t13-/m1/s1. The number of hydrogen-bond acceptors (Lipinski definition) is 6. The molecule has 0 aromatic heterocycles. The van der Waals surface area contributed by atoms with Crippen LogP contribution in [0, 0.1) is 0 Å². The SMILES string of the molecule is COc1ccc(C(=O)O[C@H](C)C(=O)Nc2cccc(S(=O)(=O)N(C)C)c2)cc1. The lowest BCUT2D eigenvalue weighted by Gasteiger charge is -2.15. The van der Waals surface area contributed by atoms with Crippen molar-refractivity contribution in [3.05, 3.63) is 54.1 Å². The number of methoxy groups -OCH3 is 1. The first-order valence-corrected chi connectivity index (χ1v) is 9.77. The highest BCUT2D eigenvalue weighted by molar-refractivity contribution is 7.89. The molecule has 2 rings (SSSR count). The number of ether oxygens (including phenoxy) is 2. The summed E-state index contributed by atoms with van der Waals surface area (Å²) >= 11 is 0. The summed E-state index contributed by atoms with van der Waals surface area (Å²) in [5.74, 6) is -0.648. The zero-order valence-electron chi connectivity index (χ0n) is 16.0. The highest BCUT2D eigenvalue weighted by Gasteiger charge is 2.21. The van der Waals surface area contributed by atoms with E-state index >= 15 is 0 Å². The van der Waals surface area contributed by atoms with Crippen molar-refractivity contribution in [3.63, 3.8) is 0 Å². The molecule has 0 bridgehead atoms. The molecule has 0 saturated heterocycles. The van der Waals surface area contributed by atoms with E-state index in [1.807, 2.05) is 0 Å². The lowest BCUT2D eigenvalue weighted by Crippen LogP contribution is -2.30. The normalized spacial score (nSPS) is 12.3. The number of esters is 1. The van der Waals surface area contributed by atoms with Gasteiger partial charge in [0.25, 0.3) is 5.91 Å². The van der Waals surface area contributed by atoms with Crippen molar-refractivity contribution in [2.75, 3.05) is 26.5 Å². The number of rotatable bonds is 7. The van der Waals surface area contributed by atoms with Crippen LogP contribution >= 0.6 is 0 Å². The molecule has 1 amide bonds. The van der Waals surface area contributed by atoms with E-state index in [1.165, 1.54) is 58.5 Å².